The van der Waals surface area contributed by atoms with Crippen molar-refractivity contribution in [3.05, 3.63) is 42.0 Å². The molecule has 3 rings (SSSR count). The van der Waals surface area contributed by atoms with E-state index in [1.165, 1.54) is 11.9 Å². The molecule has 1 aromatic heterocycles. The third kappa shape index (κ3) is 3.52. The molecule has 0 N–H and O–H groups in total. The van der Waals surface area contributed by atoms with E-state index in [4.69, 9.17) is 9.57 Å². The van der Waals surface area contributed by atoms with Crippen LogP contribution in [0.2, 0.25) is 0 Å². The molecule has 0 aliphatic carbocycles. The van der Waals surface area contributed by atoms with Gasteiger partial charge >= 0.3 is 0 Å². The van der Waals surface area contributed by atoms with Gasteiger partial charge in [-0.1, -0.05) is 17.3 Å². The average molecular weight is 314 g/mol. The van der Waals surface area contributed by atoms with Gasteiger partial charge in [-0.25, -0.2) is 4.98 Å². The fraction of sp³-hybridized carbons (Fsp3) is 0.471. The first-order valence-corrected chi connectivity index (χ1v) is 7.86. The van der Waals surface area contributed by atoms with Crippen LogP contribution in [0.15, 0.2) is 36.0 Å². The third-order valence-corrected chi connectivity index (χ3v) is 3.69. The van der Waals surface area contributed by atoms with Crippen LogP contribution in [0.3, 0.4) is 0 Å². The highest BCUT2D eigenvalue weighted by molar-refractivity contribution is 5.99. The van der Waals surface area contributed by atoms with Gasteiger partial charge in [-0.2, -0.15) is 9.78 Å². The standard InChI is InChI=1S/C17H22N4O2/c1-12(2)23-20-16(21-11-18-10-19-21)14-6-5-13-7-8-17(3,4)22-15(13)9-14/h5-6,9-12H,7-8H2,1-4H3/b20-16-. The molecule has 0 saturated heterocycles. The van der Waals surface area contributed by atoms with E-state index in [9.17, 15) is 0 Å². The monoisotopic (exact) mass is 314 g/mol. The molecule has 0 saturated carbocycles. The highest BCUT2D eigenvalue weighted by Gasteiger charge is 2.27. The Morgan fingerprint density at radius 1 is 1.39 bits per heavy atom. The molecule has 0 amide bonds. The Bertz CT molecular complexity index is 705. The topological polar surface area (TPSA) is 61.5 Å². The Labute approximate surface area is 136 Å². The number of oxime groups is 1. The zero-order chi connectivity index (χ0) is 16.4. The number of benzene rings is 1. The highest BCUT2D eigenvalue weighted by atomic mass is 16.6. The van der Waals surface area contributed by atoms with Crippen LogP contribution in [-0.4, -0.2) is 32.3 Å². The fourth-order valence-electron chi connectivity index (χ4n) is 2.48. The lowest BCUT2D eigenvalue weighted by atomic mass is 9.93. The molecule has 1 aliphatic rings. The molecule has 0 spiro atoms. The Morgan fingerprint density at radius 2 is 2.22 bits per heavy atom. The second kappa shape index (κ2) is 6.02. The van der Waals surface area contributed by atoms with E-state index in [1.807, 2.05) is 26.0 Å². The van der Waals surface area contributed by atoms with Gasteiger partial charge in [0, 0.05) is 5.56 Å². The van der Waals surface area contributed by atoms with Crippen LogP contribution in [0.25, 0.3) is 0 Å². The summed E-state index contributed by atoms with van der Waals surface area (Å²) >= 11 is 0. The molecule has 6 heteroatoms. The van der Waals surface area contributed by atoms with E-state index in [-0.39, 0.29) is 11.7 Å². The van der Waals surface area contributed by atoms with Gasteiger partial charge in [0.2, 0.25) is 5.84 Å². The van der Waals surface area contributed by atoms with Crippen molar-refractivity contribution >= 4 is 5.84 Å². The first kappa shape index (κ1) is 15.5. The smallest absolute Gasteiger partial charge is 0.201 e. The maximum Gasteiger partial charge on any atom is 0.201 e. The van der Waals surface area contributed by atoms with Crippen molar-refractivity contribution in [2.24, 2.45) is 5.16 Å². The van der Waals surface area contributed by atoms with Gasteiger partial charge in [-0.15, -0.1) is 0 Å². The van der Waals surface area contributed by atoms with Gasteiger partial charge < -0.3 is 9.57 Å². The molecule has 2 heterocycles. The fourth-order valence-corrected chi connectivity index (χ4v) is 2.48. The van der Waals surface area contributed by atoms with Gasteiger partial charge in [-0.3, -0.25) is 0 Å². The number of hydrogen-bond acceptors (Lipinski definition) is 5. The minimum Gasteiger partial charge on any atom is -0.488 e. The number of rotatable bonds is 3. The SMILES string of the molecule is CC(C)O/N=C(/c1ccc2c(c1)OC(C)(C)CC2)n1cncn1. The number of fused-ring (bicyclic) bond motifs is 1. The molecule has 0 radical (unpaired) electrons. The van der Waals surface area contributed by atoms with Crippen LogP contribution in [0.5, 0.6) is 5.75 Å². The number of hydrogen-bond donors (Lipinski definition) is 0. The minimum absolute atomic E-state index is 0.0127. The molecule has 0 unspecified atom stereocenters. The normalized spacial score (nSPS) is 16.8. The van der Waals surface area contributed by atoms with E-state index in [1.54, 1.807) is 11.0 Å². The van der Waals surface area contributed by atoms with Gasteiger partial charge in [-0.05, 0) is 52.2 Å². The summed E-state index contributed by atoms with van der Waals surface area (Å²) in [6.45, 7) is 8.08. The summed E-state index contributed by atoms with van der Waals surface area (Å²) in [6, 6.07) is 6.10. The molecular formula is C17H22N4O2. The number of aryl methyl sites for hydroxylation is 1. The van der Waals surface area contributed by atoms with E-state index in [2.05, 4.69) is 35.2 Å². The lowest BCUT2D eigenvalue weighted by molar-refractivity contribution is 0.0841. The van der Waals surface area contributed by atoms with Crippen LogP contribution >= 0.6 is 0 Å². The minimum atomic E-state index is -0.148. The van der Waals surface area contributed by atoms with Crippen molar-refractivity contribution in [1.82, 2.24) is 14.8 Å². The lowest BCUT2D eigenvalue weighted by Crippen LogP contribution is -2.32. The van der Waals surface area contributed by atoms with E-state index >= 15 is 0 Å². The van der Waals surface area contributed by atoms with Crippen molar-refractivity contribution in [2.75, 3.05) is 0 Å². The molecule has 1 aromatic carbocycles. The summed E-state index contributed by atoms with van der Waals surface area (Å²) in [6.07, 6.45) is 5.09. The van der Waals surface area contributed by atoms with Crippen LogP contribution in [0, 0.1) is 0 Å². The number of ether oxygens (including phenoxy) is 1. The molecule has 0 atom stereocenters. The van der Waals surface area contributed by atoms with E-state index in [0.717, 1.165) is 24.2 Å². The van der Waals surface area contributed by atoms with Crippen molar-refractivity contribution < 1.29 is 9.57 Å². The average Bonchev–Trinajstić information content (AvgIpc) is 3.00. The maximum absolute atomic E-state index is 6.11. The molecule has 0 fully saturated rings. The number of aromatic nitrogens is 3. The maximum atomic E-state index is 6.11. The first-order chi connectivity index (χ1) is 10.9. The predicted octanol–water partition coefficient (Wildman–Crippen LogP) is 3.02. The molecule has 0 bridgehead atoms. The Kier molecular flexibility index (Phi) is 4.07. The molecule has 23 heavy (non-hydrogen) atoms. The summed E-state index contributed by atoms with van der Waals surface area (Å²) in [5, 5.41) is 8.41. The quantitative estimate of drug-likeness (QED) is 0.496. The molecular weight excluding hydrogens is 292 g/mol. The first-order valence-electron chi connectivity index (χ1n) is 7.86. The van der Waals surface area contributed by atoms with Gasteiger partial charge in [0.15, 0.2) is 0 Å². The number of nitrogens with zero attached hydrogens (tertiary/aromatic N) is 4. The summed E-state index contributed by atoms with van der Waals surface area (Å²) in [7, 11) is 0. The molecule has 2 aromatic rings. The van der Waals surface area contributed by atoms with Crippen molar-refractivity contribution in [3.8, 4) is 5.75 Å². The van der Waals surface area contributed by atoms with E-state index in [0.29, 0.717) is 5.84 Å². The highest BCUT2D eigenvalue weighted by Crippen LogP contribution is 2.33. The van der Waals surface area contributed by atoms with Crippen molar-refractivity contribution in [3.63, 3.8) is 0 Å². The molecule has 122 valence electrons. The lowest BCUT2D eigenvalue weighted by Gasteiger charge is -2.32. The van der Waals surface area contributed by atoms with Crippen molar-refractivity contribution in [1.29, 1.82) is 0 Å². The second-order valence-corrected chi connectivity index (χ2v) is 6.59. The van der Waals surface area contributed by atoms with Gasteiger partial charge in [0.05, 0.1) is 0 Å². The van der Waals surface area contributed by atoms with Crippen LogP contribution in [0.1, 0.15) is 45.2 Å². The zero-order valence-electron chi connectivity index (χ0n) is 14.0. The van der Waals surface area contributed by atoms with E-state index < -0.39 is 0 Å². The summed E-state index contributed by atoms with van der Waals surface area (Å²) in [4.78, 5) is 9.42. The zero-order valence-corrected chi connectivity index (χ0v) is 14.0. The third-order valence-electron chi connectivity index (χ3n) is 3.69. The largest absolute Gasteiger partial charge is 0.488 e. The molecule has 1 aliphatic heterocycles. The summed E-state index contributed by atoms with van der Waals surface area (Å²) < 4.78 is 7.71. The second-order valence-electron chi connectivity index (χ2n) is 6.59. The van der Waals surface area contributed by atoms with Crippen LogP contribution < -0.4 is 4.74 Å². The van der Waals surface area contributed by atoms with Crippen LogP contribution in [-0.2, 0) is 11.3 Å². The summed E-state index contributed by atoms with van der Waals surface area (Å²) in [5.41, 5.74) is 1.95. The van der Waals surface area contributed by atoms with Crippen molar-refractivity contribution in [2.45, 2.75) is 52.2 Å². The summed E-state index contributed by atoms with van der Waals surface area (Å²) in [5.74, 6) is 1.49. The predicted molar refractivity (Wildman–Crippen MR) is 87.6 cm³/mol. The van der Waals surface area contributed by atoms with Gasteiger partial charge in [0.25, 0.3) is 0 Å². The Morgan fingerprint density at radius 3 is 2.91 bits per heavy atom. The molecule has 6 nitrogen and oxygen atoms in total. The Hall–Kier alpha value is -2.37. The Balaban J connectivity index is 1.99. The van der Waals surface area contributed by atoms with Crippen LogP contribution in [0.4, 0.5) is 0 Å². The van der Waals surface area contributed by atoms with Gasteiger partial charge in [0.1, 0.15) is 30.1 Å².